The number of piperidine rings is 1. The summed E-state index contributed by atoms with van der Waals surface area (Å²) in [6.07, 6.45) is 4.37. The van der Waals surface area contributed by atoms with Gasteiger partial charge in [-0.2, -0.15) is 0 Å². The van der Waals surface area contributed by atoms with Gasteiger partial charge in [-0.25, -0.2) is 0 Å². The Bertz CT molecular complexity index is 635. The molecule has 0 radical (unpaired) electrons. The molecule has 2 N–H and O–H groups in total. The molecule has 1 aromatic rings. The van der Waals surface area contributed by atoms with Crippen molar-refractivity contribution in [1.82, 2.24) is 15.5 Å². The van der Waals surface area contributed by atoms with E-state index in [9.17, 15) is 9.59 Å². The molecule has 2 heterocycles. The number of ether oxygens (including phenoxy) is 1. The Morgan fingerprint density at radius 3 is 2.81 bits per heavy atom. The topological polar surface area (TPSA) is 70.7 Å². The molecule has 0 aromatic heterocycles. The molecule has 150 valence electrons. The first-order valence-corrected chi connectivity index (χ1v) is 9.58. The number of methoxy groups -OCH3 is 1. The van der Waals surface area contributed by atoms with Gasteiger partial charge in [-0.05, 0) is 44.2 Å². The van der Waals surface area contributed by atoms with Gasteiger partial charge in [0.05, 0.1) is 19.6 Å². The number of halogens is 1. The second-order valence-corrected chi connectivity index (χ2v) is 7.23. The van der Waals surface area contributed by atoms with Gasteiger partial charge in [-0.15, -0.1) is 12.4 Å². The average molecular weight is 396 g/mol. The number of carbonyl (C=O) groups excluding carboxylic acids is 2. The monoisotopic (exact) mass is 395 g/mol. The number of amides is 2. The lowest BCUT2D eigenvalue weighted by Gasteiger charge is -2.33. The van der Waals surface area contributed by atoms with Crippen LogP contribution in [-0.4, -0.2) is 56.0 Å². The molecule has 2 fully saturated rings. The maximum absolute atomic E-state index is 12.7. The Kier molecular flexibility index (Phi) is 8.38. The summed E-state index contributed by atoms with van der Waals surface area (Å²) in [5.41, 5.74) is 0.919. The van der Waals surface area contributed by atoms with Gasteiger partial charge in [0.15, 0.2) is 0 Å². The van der Waals surface area contributed by atoms with Crippen molar-refractivity contribution in [2.24, 2.45) is 5.92 Å². The van der Waals surface area contributed by atoms with Gasteiger partial charge in [0.1, 0.15) is 5.75 Å². The Hall–Kier alpha value is -1.79. The molecule has 2 aliphatic rings. The minimum Gasteiger partial charge on any atom is -0.496 e. The van der Waals surface area contributed by atoms with Gasteiger partial charge in [-0.3, -0.25) is 9.59 Å². The Balaban J connectivity index is 0.00000261. The van der Waals surface area contributed by atoms with Crippen LogP contribution in [0.25, 0.3) is 0 Å². The summed E-state index contributed by atoms with van der Waals surface area (Å²) in [6.45, 7) is 3.08. The second kappa shape index (κ2) is 10.5. The number of rotatable bonds is 6. The third-order valence-corrected chi connectivity index (χ3v) is 5.35. The molecule has 6 nitrogen and oxygen atoms in total. The van der Waals surface area contributed by atoms with E-state index in [0.717, 1.165) is 50.1 Å². The van der Waals surface area contributed by atoms with Crippen LogP contribution in [-0.2, 0) is 16.0 Å². The Labute approximate surface area is 167 Å². The molecule has 1 aromatic carbocycles. The van der Waals surface area contributed by atoms with Crippen LogP contribution in [0.2, 0.25) is 0 Å². The van der Waals surface area contributed by atoms with Crippen LogP contribution in [0, 0.1) is 5.92 Å². The third-order valence-electron chi connectivity index (χ3n) is 5.35. The summed E-state index contributed by atoms with van der Waals surface area (Å²) < 4.78 is 5.34. The summed E-state index contributed by atoms with van der Waals surface area (Å²) in [6, 6.07) is 7.62. The van der Waals surface area contributed by atoms with Crippen molar-refractivity contribution in [2.45, 2.75) is 38.1 Å². The van der Waals surface area contributed by atoms with Crippen molar-refractivity contribution in [1.29, 1.82) is 0 Å². The maximum Gasteiger partial charge on any atom is 0.237 e. The molecular formula is C20H30ClN3O3. The number of hydrogen-bond donors (Lipinski definition) is 2. The number of para-hydroxylation sites is 1. The maximum atomic E-state index is 12.7. The number of nitrogens with zero attached hydrogens (tertiary/aromatic N) is 1. The predicted octanol–water partition coefficient (Wildman–Crippen LogP) is 1.77. The van der Waals surface area contributed by atoms with Crippen molar-refractivity contribution in [3.05, 3.63) is 29.8 Å². The minimum atomic E-state index is -0.0399. The first-order valence-electron chi connectivity index (χ1n) is 9.58. The molecule has 7 heteroatoms. The van der Waals surface area contributed by atoms with Crippen LogP contribution in [0.5, 0.6) is 5.75 Å². The zero-order chi connectivity index (χ0) is 18.4. The van der Waals surface area contributed by atoms with Gasteiger partial charge in [0, 0.05) is 25.2 Å². The fraction of sp³-hybridized carbons (Fsp3) is 0.600. The molecule has 2 aliphatic heterocycles. The molecule has 0 aliphatic carbocycles. The normalized spacial score (nSPS) is 22.0. The van der Waals surface area contributed by atoms with Crippen LogP contribution >= 0.6 is 12.4 Å². The number of likely N-dealkylation sites (tertiary alicyclic amines) is 1. The largest absolute Gasteiger partial charge is 0.496 e. The van der Waals surface area contributed by atoms with Gasteiger partial charge in [0.2, 0.25) is 11.8 Å². The number of hydrogen-bond acceptors (Lipinski definition) is 4. The van der Waals surface area contributed by atoms with Crippen molar-refractivity contribution in [3.8, 4) is 5.75 Å². The summed E-state index contributed by atoms with van der Waals surface area (Å²) in [5.74, 6) is 1.31. The van der Waals surface area contributed by atoms with Gasteiger partial charge in [0.25, 0.3) is 0 Å². The molecule has 2 atom stereocenters. The van der Waals surface area contributed by atoms with Crippen molar-refractivity contribution >= 4 is 24.2 Å². The van der Waals surface area contributed by atoms with Crippen molar-refractivity contribution in [2.75, 3.05) is 33.3 Å². The summed E-state index contributed by atoms with van der Waals surface area (Å²) in [5, 5.41) is 6.28. The zero-order valence-corrected chi connectivity index (χ0v) is 16.7. The SMILES string of the molecule is COc1ccccc1CC(=O)N1CCCC(CNC(=O)C2CCCN2)C1.Cl. The van der Waals surface area contributed by atoms with Crippen LogP contribution in [0.1, 0.15) is 31.2 Å². The molecular weight excluding hydrogens is 366 g/mol. The molecule has 2 saturated heterocycles. The van der Waals surface area contributed by atoms with Crippen LogP contribution in [0.15, 0.2) is 24.3 Å². The van der Waals surface area contributed by atoms with E-state index in [1.165, 1.54) is 0 Å². The quantitative estimate of drug-likeness (QED) is 0.770. The van der Waals surface area contributed by atoms with Gasteiger partial charge < -0.3 is 20.3 Å². The summed E-state index contributed by atoms with van der Waals surface area (Å²) in [4.78, 5) is 26.8. The van der Waals surface area contributed by atoms with Gasteiger partial charge in [-0.1, -0.05) is 18.2 Å². The van der Waals surface area contributed by atoms with E-state index in [1.807, 2.05) is 29.2 Å². The van der Waals surface area contributed by atoms with Crippen molar-refractivity contribution in [3.63, 3.8) is 0 Å². The molecule has 0 spiro atoms. The molecule has 27 heavy (non-hydrogen) atoms. The lowest BCUT2D eigenvalue weighted by molar-refractivity contribution is -0.132. The summed E-state index contributed by atoms with van der Waals surface area (Å²) in [7, 11) is 1.63. The smallest absolute Gasteiger partial charge is 0.237 e. The second-order valence-electron chi connectivity index (χ2n) is 7.23. The standard InChI is InChI=1S/C20H29N3O3.ClH/c1-26-18-9-3-2-7-16(18)12-19(24)23-11-5-6-15(14-23)13-22-20(25)17-8-4-10-21-17;/h2-3,7,9,15,17,21H,4-6,8,10-14H2,1H3,(H,22,25);1H. The van der Waals surface area contributed by atoms with Crippen LogP contribution < -0.4 is 15.4 Å². The predicted molar refractivity (Wildman–Crippen MR) is 107 cm³/mol. The lowest BCUT2D eigenvalue weighted by Crippen LogP contribution is -2.47. The number of benzene rings is 1. The highest BCUT2D eigenvalue weighted by atomic mass is 35.5. The van der Waals surface area contributed by atoms with E-state index >= 15 is 0 Å². The average Bonchev–Trinajstić information content (AvgIpc) is 3.21. The fourth-order valence-corrected chi connectivity index (χ4v) is 3.86. The molecule has 2 amide bonds. The first kappa shape index (κ1) is 21.5. The first-order chi connectivity index (χ1) is 12.7. The third kappa shape index (κ3) is 5.84. The Morgan fingerprint density at radius 2 is 2.07 bits per heavy atom. The summed E-state index contributed by atoms with van der Waals surface area (Å²) >= 11 is 0. The van der Waals surface area contributed by atoms with Crippen LogP contribution in [0.4, 0.5) is 0 Å². The highest BCUT2D eigenvalue weighted by Gasteiger charge is 2.26. The van der Waals surface area contributed by atoms with E-state index in [1.54, 1.807) is 7.11 Å². The molecule has 3 rings (SSSR count). The molecule has 0 saturated carbocycles. The van der Waals surface area contributed by atoms with E-state index < -0.39 is 0 Å². The number of carbonyl (C=O) groups is 2. The number of nitrogens with one attached hydrogen (secondary N) is 2. The Morgan fingerprint density at radius 1 is 1.26 bits per heavy atom. The minimum absolute atomic E-state index is 0. The van der Waals surface area contributed by atoms with Crippen LogP contribution in [0.3, 0.4) is 0 Å². The zero-order valence-electron chi connectivity index (χ0n) is 15.9. The van der Waals surface area contributed by atoms with E-state index in [2.05, 4.69) is 10.6 Å². The molecule has 2 unspecified atom stereocenters. The van der Waals surface area contributed by atoms with Gasteiger partial charge >= 0.3 is 0 Å². The molecule has 0 bridgehead atoms. The van der Waals surface area contributed by atoms with E-state index in [0.29, 0.717) is 25.4 Å². The van der Waals surface area contributed by atoms with Crippen molar-refractivity contribution < 1.29 is 14.3 Å². The van der Waals surface area contributed by atoms with E-state index in [4.69, 9.17) is 4.74 Å². The highest BCUT2D eigenvalue weighted by Crippen LogP contribution is 2.21. The lowest BCUT2D eigenvalue weighted by atomic mass is 9.97. The highest BCUT2D eigenvalue weighted by molar-refractivity contribution is 5.85. The fourth-order valence-electron chi connectivity index (χ4n) is 3.86. The van der Waals surface area contributed by atoms with E-state index in [-0.39, 0.29) is 30.3 Å².